The van der Waals surface area contributed by atoms with Crippen molar-refractivity contribution in [3.05, 3.63) is 29.8 Å². The number of aliphatic hydroxyl groups is 1. The smallest absolute Gasteiger partial charge is 0.325 e. The van der Waals surface area contributed by atoms with Crippen molar-refractivity contribution in [1.82, 2.24) is 53.2 Å². The zero-order chi connectivity index (χ0) is 60.9. The number of hydrogen-bond acceptors (Lipinski definition) is 14. The van der Waals surface area contributed by atoms with Crippen molar-refractivity contribution in [3.8, 4) is 5.75 Å². The molecule has 12 atom stereocenters. The highest BCUT2D eigenvalue weighted by molar-refractivity contribution is 5.99. The van der Waals surface area contributed by atoms with E-state index in [0.717, 1.165) is 0 Å². The fourth-order valence-electron chi connectivity index (χ4n) is 7.88. The van der Waals surface area contributed by atoms with Crippen LogP contribution in [0, 0.1) is 35.5 Å². The highest BCUT2D eigenvalue weighted by Crippen LogP contribution is 2.15. The number of carboxylic acid groups (broad SMARTS) is 1. The van der Waals surface area contributed by atoms with Gasteiger partial charge in [0.1, 0.15) is 66.2 Å². The van der Waals surface area contributed by atoms with E-state index in [0.29, 0.717) is 5.56 Å². The van der Waals surface area contributed by atoms with Gasteiger partial charge in [0.25, 0.3) is 0 Å². The highest BCUT2D eigenvalue weighted by atomic mass is 16.4. The minimum atomic E-state index is -1.62. The van der Waals surface area contributed by atoms with Gasteiger partial charge in [-0.05, 0) is 100 Å². The second-order valence-corrected chi connectivity index (χ2v) is 22.5. The maximum absolute atomic E-state index is 14.0. The molecule has 0 aliphatic carbocycles. The number of aromatic hydroxyl groups is 1. The summed E-state index contributed by atoms with van der Waals surface area (Å²) in [6.45, 7) is 25.6. The molecule has 1 aromatic rings. The zero-order valence-electron chi connectivity index (χ0n) is 48.7. The Morgan fingerprint density at radius 1 is 0.392 bits per heavy atom. The van der Waals surface area contributed by atoms with E-state index in [1.807, 2.05) is 13.8 Å². The van der Waals surface area contributed by atoms with E-state index >= 15 is 0 Å². The third kappa shape index (κ3) is 23.9. The second-order valence-electron chi connectivity index (χ2n) is 22.5. The summed E-state index contributed by atoms with van der Waals surface area (Å²) < 4.78 is 0. The van der Waals surface area contributed by atoms with Crippen LogP contribution in [0.5, 0.6) is 5.75 Å². The van der Waals surface area contributed by atoms with Gasteiger partial charge < -0.3 is 74.2 Å². The first kappa shape index (κ1) is 70.1. The molecule has 0 aliphatic rings. The Hall–Kier alpha value is -6.89. The average molecular weight is 1120 g/mol. The largest absolute Gasteiger partial charge is 0.508 e. The predicted octanol–water partition coefficient (Wildman–Crippen LogP) is -0.649. The van der Waals surface area contributed by atoms with Gasteiger partial charge in [-0.15, -0.1) is 0 Å². The van der Waals surface area contributed by atoms with E-state index in [9.17, 15) is 68.1 Å². The minimum Gasteiger partial charge on any atom is -0.508 e. The van der Waals surface area contributed by atoms with Crippen LogP contribution in [0.3, 0.4) is 0 Å². The van der Waals surface area contributed by atoms with E-state index in [1.165, 1.54) is 39.8 Å². The summed E-state index contributed by atoms with van der Waals surface area (Å²) in [7, 11) is 0. The number of amides is 10. The molecule has 0 saturated carbocycles. The van der Waals surface area contributed by atoms with Crippen molar-refractivity contribution in [2.24, 2.45) is 41.2 Å². The number of phenols is 1. The fourth-order valence-corrected chi connectivity index (χ4v) is 7.88. The molecule has 0 radical (unpaired) electrons. The van der Waals surface area contributed by atoms with Crippen molar-refractivity contribution in [1.29, 1.82) is 0 Å². The van der Waals surface area contributed by atoms with Gasteiger partial charge in [-0.2, -0.15) is 0 Å². The quantitative estimate of drug-likeness (QED) is 0.0426. The fraction of sp³-hybridized carbons (Fsp3) is 0.685. The van der Waals surface area contributed by atoms with Crippen LogP contribution in [0.25, 0.3) is 0 Å². The number of carboxylic acids is 1. The lowest BCUT2D eigenvalue weighted by atomic mass is 9.97. The van der Waals surface area contributed by atoms with Crippen molar-refractivity contribution in [3.63, 3.8) is 0 Å². The molecular weight excluding hydrogens is 1030 g/mol. The molecule has 25 heteroatoms. The molecule has 10 amide bonds. The van der Waals surface area contributed by atoms with Crippen LogP contribution >= 0.6 is 0 Å². The third-order valence-electron chi connectivity index (χ3n) is 12.7. The topological polar surface area (TPSA) is 395 Å². The second kappa shape index (κ2) is 32.9. The maximum atomic E-state index is 14.0. The minimum absolute atomic E-state index is 0.0443. The normalized spacial score (nSPS) is 16.1. The Morgan fingerprint density at radius 2 is 0.684 bits per heavy atom. The van der Waals surface area contributed by atoms with Gasteiger partial charge in [-0.3, -0.25) is 52.7 Å². The first-order valence-electron chi connectivity index (χ1n) is 27.0. The van der Waals surface area contributed by atoms with Crippen LogP contribution in [-0.4, -0.2) is 153 Å². The molecule has 1 aromatic carbocycles. The Balaban J connectivity index is 3.13. The standard InChI is InChI=1S/C54H91N11O14/c1-24(2)21-37(48(72)65-43(33(16)66)53(77)64-40(27(7)8)50(74)58-32(15)54(78)79)59-45(69)31(14)56-44(68)30(13)57-49(73)39(26(5)6)62-47(71)38(22-25(3)4)60-51(75)41(28(9)10)63-52(76)42(29(11)12)61-46(70)36(55)23-34-17-19-35(67)20-18-34/h17-20,24-33,36-43,66-67H,21-23,55H2,1-16H3,(H,56,68)(H,57,73)(H,58,74)(H,59,69)(H,60,75)(H,61,70)(H,62,71)(H,63,76)(H,64,77)(H,65,72)(H,78,79)/t30-,31-,32-,33+,36-,37-,38-,39-,40-,41-,42-,43-/m0/s1. The van der Waals surface area contributed by atoms with Gasteiger partial charge in [0, 0.05) is 0 Å². The number of rotatable bonds is 32. The van der Waals surface area contributed by atoms with Gasteiger partial charge in [0.15, 0.2) is 0 Å². The number of nitrogens with two attached hydrogens (primary N) is 1. The molecule has 0 heterocycles. The number of aliphatic carboxylic acids is 1. The molecule has 0 saturated heterocycles. The lowest BCUT2D eigenvalue weighted by Gasteiger charge is -2.30. The molecule has 79 heavy (non-hydrogen) atoms. The summed E-state index contributed by atoms with van der Waals surface area (Å²) in [4.78, 5) is 147. The molecule has 0 aromatic heterocycles. The molecule has 25 nitrogen and oxygen atoms in total. The Kier molecular flexibility index (Phi) is 29.2. The number of nitrogens with one attached hydrogen (secondary N) is 10. The van der Waals surface area contributed by atoms with Crippen LogP contribution in [-0.2, 0) is 59.2 Å². The van der Waals surface area contributed by atoms with E-state index in [1.54, 1.807) is 81.4 Å². The van der Waals surface area contributed by atoms with Crippen LogP contribution in [0.2, 0.25) is 0 Å². The number of hydrogen-bond donors (Lipinski definition) is 14. The summed E-state index contributed by atoms with van der Waals surface area (Å²) in [6.07, 6.45) is -1.21. The zero-order valence-corrected chi connectivity index (χ0v) is 48.7. The predicted molar refractivity (Wildman–Crippen MR) is 294 cm³/mol. The molecule has 0 unspecified atom stereocenters. The number of benzene rings is 1. The van der Waals surface area contributed by atoms with Crippen LogP contribution < -0.4 is 58.9 Å². The number of aliphatic hydroxyl groups excluding tert-OH is 1. The summed E-state index contributed by atoms with van der Waals surface area (Å²) in [5.74, 6) is -11.4. The van der Waals surface area contributed by atoms with Gasteiger partial charge >= 0.3 is 5.97 Å². The maximum Gasteiger partial charge on any atom is 0.325 e. The lowest BCUT2D eigenvalue weighted by Crippen LogP contribution is -2.62. The molecule has 1 rings (SSSR count). The van der Waals surface area contributed by atoms with E-state index in [-0.39, 0.29) is 36.8 Å². The Labute approximate surface area is 464 Å². The van der Waals surface area contributed by atoms with E-state index in [2.05, 4.69) is 53.2 Å². The van der Waals surface area contributed by atoms with Gasteiger partial charge in [-0.1, -0.05) is 95.2 Å². The monoisotopic (exact) mass is 1120 g/mol. The first-order valence-corrected chi connectivity index (χ1v) is 27.0. The summed E-state index contributed by atoms with van der Waals surface area (Å²) in [5, 5.41) is 55.0. The Bertz CT molecular complexity index is 2260. The van der Waals surface area contributed by atoms with Crippen molar-refractivity contribution in [2.75, 3.05) is 0 Å². The van der Waals surface area contributed by atoms with Gasteiger partial charge in [-0.25, -0.2) is 0 Å². The van der Waals surface area contributed by atoms with Crippen molar-refractivity contribution < 1.29 is 68.1 Å². The van der Waals surface area contributed by atoms with Crippen molar-refractivity contribution in [2.45, 2.75) is 203 Å². The molecule has 0 spiro atoms. The van der Waals surface area contributed by atoms with Crippen LogP contribution in [0.1, 0.15) is 129 Å². The first-order chi connectivity index (χ1) is 36.5. The number of phenolic OH excluding ortho intramolecular Hbond substituents is 1. The molecule has 0 aliphatic heterocycles. The van der Waals surface area contributed by atoms with E-state index in [4.69, 9.17) is 5.73 Å². The van der Waals surface area contributed by atoms with Crippen LogP contribution in [0.4, 0.5) is 0 Å². The Morgan fingerprint density at radius 3 is 1.05 bits per heavy atom. The molecule has 446 valence electrons. The SMILES string of the molecule is CC(C)C[C@H](NC(=O)[C@H](C)NC(=O)[C@H](C)NC(=O)[C@@H](NC(=O)[C@H](CC(C)C)NC(=O)[C@@H](NC(=O)[C@@H](NC(=O)[C@@H](N)Cc1ccc(O)cc1)C(C)C)C(C)C)C(C)C)C(=O)N[C@H](C(=O)N[C@H](C(=O)N[C@@H](C)C(=O)O)C(C)C)[C@@H](C)O. The average Bonchev–Trinajstić information content (AvgIpc) is 3.33. The van der Waals surface area contributed by atoms with Crippen molar-refractivity contribution >= 4 is 65.0 Å². The summed E-state index contributed by atoms with van der Waals surface area (Å²) >= 11 is 0. The third-order valence-corrected chi connectivity index (χ3v) is 12.7. The molecule has 15 N–H and O–H groups in total. The van der Waals surface area contributed by atoms with E-state index < -0.39 is 161 Å². The summed E-state index contributed by atoms with van der Waals surface area (Å²) in [5.41, 5.74) is 6.86. The highest BCUT2D eigenvalue weighted by Gasteiger charge is 2.38. The lowest BCUT2D eigenvalue weighted by molar-refractivity contribution is -0.142. The number of carbonyl (C=O) groups excluding carboxylic acids is 10. The van der Waals surface area contributed by atoms with Gasteiger partial charge in [0.05, 0.1) is 12.1 Å². The van der Waals surface area contributed by atoms with Crippen LogP contribution in [0.15, 0.2) is 24.3 Å². The summed E-state index contributed by atoms with van der Waals surface area (Å²) in [6, 6.07) is -7.55. The molecule has 0 fully saturated rings. The molecular formula is C54H91N11O14. The number of carbonyl (C=O) groups is 11. The van der Waals surface area contributed by atoms with Gasteiger partial charge in [0.2, 0.25) is 59.1 Å². The molecule has 0 bridgehead atoms.